The zero-order chi connectivity index (χ0) is 17.4. The van der Waals surface area contributed by atoms with Gasteiger partial charge >= 0.3 is 0 Å². The summed E-state index contributed by atoms with van der Waals surface area (Å²) in [7, 11) is 1.94. The predicted octanol–water partition coefficient (Wildman–Crippen LogP) is 2.58. The molecule has 1 aromatic rings. The summed E-state index contributed by atoms with van der Waals surface area (Å²) in [4.78, 5) is 28.9. The van der Waals surface area contributed by atoms with E-state index in [0.29, 0.717) is 24.8 Å². The Morgan fingerprint density at radius 1 is 1.12 bits per heavy atom. The molecule has 0 bridgehead atoms. The number of rotatable bonds is 2. The molecule has 0 aromatic heterocycles. The Balaban J connectivity index is 1.41. The molecule has 4 heteroatoms. The van der Waals surface area contributed by atoms with Gasteiger partial charge in [0.05, 0.1) is 6.42 Å². The number of nitrogens with zero attached hydrogens (tertiary/aromatic N) is 2. The van der Waals surface area contributed by atoms with Crippen LogP contribution in [0.25, 0.3) is 0 Å². The molecule has 2 saturated heterocycles. The lowest BCUT2D eigenvalue weighted by Gasteiger charge is -2.41. The average Bonchev–Trinajstić information content (AvgIpc) is 3.03. The van der Waals surface area contributed by atoms with E-state index < -0.39 is 0 Å². The van der Waals surface area contributed by atoms with E-state index in [1.54, 1.807) is 0 Å². The fourth-order valence-electron chi connectivity index (χ4n) is 4.94. The number of fused-ring (bicyclic) bond motifs is 2. The third-order valence-corrected chi connectivity index (χ3v) is 6.42. The Bertz CT molecular complexity index is 684. The number of piperidine rings is 1. The highest BCUT2D eigenvalue weighted by molar-refractivity contribution is 5.79. The van der Waals surface area contributed by atoms with Crippen molar-refractivity contribution < 1.29 is 9.59 Å². The molecule has 2 aliphatic heterocycles. The third-order valence-electron chi connectivity index (χ3n) is 6.42. The highest BCUT2D eigenvalue weighted by atomic mass is 16.2. The topological polar surface area (TPSA) is 40.6 Å². The van der Waals surface area contributed by atoms with Gasteiger partial charge < -0.3 is 9.80 Å². The summed E-state index contributed by atoms with van der Waals surface area (Å²) in [5.41, 5.74) is 4.05. The Morgan fingerprint density at radius 3 is 2.84 bits per heavy atom. The molecule has 0 radical (unpaired) electrons. The number of amides is 2. The Labute approximate surface area is 150 Å². The van der Waals surface area contributed by atoms with Gasteiger partial charge in [0.2, 0.25) is 11.8 Å². The standard InChI is InChI=1S/C21H28N2O2/c1-22-19-10-11-23(14-18(19)6-3-7-20(22)24)21(25)13-15-8-9-16-4-2-5-17(16)12-15/h8-9,12,18-19H,2-7,10-11,13-14H2,1H3/t18-,19+/m0/s1. The molecule has 4 rings (SSSR count). The first kappa shape index (κ1) is 16.6. The lowest BCUT2D eigenvalue weighted by Crippen LogP contribution is -2.52. The molecule has 2 fully saturated rings. The van der Waals surface area contributed by atoms with Gasteiger partial charge in [0, 0.05) is 32.6 Å². The van der Waals surface area contributed by atoms with Crippen LogP contribution in [0.3, 0.4) is 0 Å². The molecule has 2 heterocycles. The Kier molecular flexibility index (Phi) is 4.53. The molecule has 0 saturated carbocycles. The Hall–Kier alpha value is -1.84. The summed E-state index contributed by atoms with van der Waals surface area (Å²) in [6.45, 7) is 1.59. The van der Waals surface area contributed by atoms with Crippen molar-refractivity contribution in [1.82, 2.24) is 9.80 Å². The van der Waals surface area contributed by atoms with Crippen LogP contribution < -0.4 is 0 Å². The minimum absolute atomic E-state index is 0.245. The second-order valence-corrected chi connectivity index (χ2v) is 7.99. The molecule has 1 aliphatic carbocycles. The molecule has 1 aromatic carbocycles. The van der Waals surface area contributed by atoms with Gasteiger partial charge in [-0.25, -0.2) is 0 Å². The molecule has 0 spiro atoms. The van der Waals surface area contributed by atoms with Gasteiger partial charge in [0.1, 0.15) is 0 Å². The first-order valence-electron chi connectivity index (χ1n) is 9.76. The fraction of sp³-hybridized carbons (Fsp3) is 0.619. The van der Waals surface area contributed by atoms with Crippen LogP contribution in [0.15, 0.2) is 18.2 Å². The largest absolute Gasteiger partial charge is 0.342 e. The molecular weight excluding hydrogens is 312 g/mol. The molecule has 2 atom stereocenters. The van der Waals surface area contributed by atoms with Crippen LogP contribution in [-0.2, 0) is 28.9 Å². The number of carbonyl (C=O) groups is 2. The molecule has 4 nitrogen and oxygen atoms in total. The van der Waals surface area contributed by atoms with Crippen molar-refractivity contribution in [3.05, 3.63) is 34.9 Å². The highest BCUT2D eigenvalue weighted by Gasteiger charge is 2.36. The van der Waals surface area contributed by atoms with Gasteiger partial charge in [-0.05, 0) is 61.1 Å². The molecule has 25 heavy (non-hydrogen) atoms. The zero-order valence-corrected chi connectivity index (χ0v) is 15.2. The maximum Gasteiger partial charge on any atom is 0.227 e. The first-order valence-corrected chi connectivity index (χ1v) is 9.76. The van der Waals surface area contributed by atoms with Crippen LogP contribution in [0.1, 0.15) is 48.8 Å². The van der Waals surface area contributed by atoms with Gasteiger partial charge in [0.25, 0.3) is 0 Å². The van der Waals surface area contributed by atoms with E-state index in [2.05, 4.69) is 18.2 Å². The molecule has 0 unspecified atom stereocenters. The summed E-state index contributed by atoms with van der Waals surface area (Å²) < 4.78 is 0. The molecule has 134 valence electrons. The van der Waals surface area contributed by atoms with Crippen molar-refractivity contribution in [2.24, 2.45) is 5.92 Å². The van der Waals surface area contributed by atoms with Crippen molar-refractivity contribution >= 4 is 11.8 Å². The fourth-order valence-corrected chi connectivity index (χ4v) is 4.94. The SMILES string of the molecule is CN1C(=O)CCC[C@H]2CN(C(=O)Cc3ccc4c(c3)CCC4)CC[C@H]21. The van der Waals surface area contributed by atoms with E-state index >= 15 is 0 Å². The second kappa shape index (κ2) is 6.81. The lowest BCUT2D eigenvalue weighted by molar-refractivity contribution is -0.136. The van der Waals surface area contributed by atoms with E-state index in [-0.39, 0.29) is 11.8 Å². The van der Waals surface area contributed by atoms with Gasteiger partial charge in [-0.3, -0.25) is 9.59 Å². The van der Waals surface area contributed by atoms with Gasteiger partial charge in [0.15, 0.2) is 0 Å². The van der Waals surface area contributed by atoms with E-state index in [0.717, 1.165) is 44.3 Å². The molecular formula is C21H28N2O2. The number of likely N-dealkylation sites (tertiary alicyclic amines) is 2. The number of hydrogen-bond donors (Lipinski definition) is 0. The van der Waals surface area contributed by atoms with Crippen LogP contribution in [0.5, 0.6) is 0 Å². The minimum Gasteiger partial charge on any atom is -0.342 e. The van der Waals surface area contributed by atoms with Gasteiger partial charge in [-0.1, -0.05) is 18.2 Å². The summed E-state index contributed by atoms with van der Waals surface area (Å²) in [6, 6.07) is 6.90. The van der Waals surface area contributed by atoms with Crippen molar-refractivity contribution in [3.8, 4) is 0 Å². The zero-order valence-electron chi connectivity index (χ0n) is 15.2. The molecule has 0 N–H and O–H groups in total. The maximum absolute atomic E-state index is 12.8. The third kappa shape index (κ3) is 3.31. The number of benzene rings is 1. The van der Waals surface area contributed by atoms with Crippen LogP contribution in [0, 0.1) is 5.92 Å². The predicted molar refractivity (Wildman–Crippen MR) is 97.3 cm³/mol. The number of hydrogen-bond acceptors (Lipinski definition) is 2. The van der Waals surface area contributed by atoms with E-state index in [1.165, 1.54) is 24.0 Å². The summed E-state index contributed by atoms with van der Waals surface area (Å²) in [5.74, 6) is 0.953. The maximum atomic E-state index is 12.8. The summed E-state index contributed by atoms with van der Waals surface area (Å²) in [5, 5.41) is 0. The Morgan fingerprint density at radius 2 is 1.96 bits per heavy atom. The van der Waals surface area contributed by atoms with E-state index in [4.69, 9.17) is 0 Å². The van der Waals surface area contributed by atoms with Crippen molar-refractivity contribution in [2.75, 3.05) is 20.1 Å². The smallest absolute Gasteiger partial charge is 0.227 e. The van der Waals surface area contributed by atoms with Gasteiger partial charge in [-0.15, -0.1) is 0 Å². The molecule has 2 amide bonds. The van der Waals surface area contributed by atoms with Crippen LogP contribution in [0.4, 0.5) is 0 Å². The number of aryl methyl sites for hydroxylation is 2. The van der Waals surface area contributed by atoms with Gasteiger partial charge in [-0.2, -0.15) is 0 Å². The molecule has 3 aliphatic rings. The van der Waals surface area contributed by atoms with Crippen LogP contribution >= 0.6 is 0 Å². The van der Waals surface area contributed by atoms with Crippen molar-refractivity contribution in [1.29, 1.82) is 0 Å². The van der Waals surface area contributed by atoms with Crippen LogP contribution in [0.2, 0.25) is 0 Å². The highest BCUT2D eigenvalue weighted by Crippen LogP contribution is 2.30. The van der Waals surface area contributed by atoms with Crippen molar-refractivity contribution in [2.45, 2.75) is 57.4 Å². The second-order valence-electron chi connectivity index (χ2n) is 7.99. The minimum atomic E-state index is 0.245. The van der Waals surface area contributed by atoms with Crippen LogP contribution in [-0.4, -0.2) is 47.8 Å². The summed E-state index contributed by atoms with van der Waals surface area (Å²) in [6.07, 6.45) is 7.69. The normalized spacial score (nSPS) is 26.2. The first-order chi connectivity index (χ1) is 12.1. The van der Waals surface area contributed by atoms with E-state index in [9.17, 15) is 9.59 Å². The monoisotopic (exact) mass is 340 g/mol. The quantitative estimate of drug-likeness (QED) is 0.830. The lowest BCUT2D eigenvalue weighted by atomic mass is 9.88. The summed E-state index contributed by atoms with van der Waals surface area (Å²) >= 11 is 0. The number of carbonyl (C=O) groups excluding carboxylic acids is 2. The van der Waals surface area contributed by atoms with E-state index in [1.807, 2.05) is 16.8 Å². The van der Waals surface area contributed by atoms with Crippen molar-refractivity contribution in [3.63, 3.8) is 0 Å². The average molecular weight is 340 g/mol.